The Hall–Kier alpha value is -0.610. The zero-order chi connectivity index (χ0) is 12.8. The molecule has 0 bridgehead atoms. The second kappa shape index (κ2) is 6.97. The SMILES string of the molecule is CCC(CC)NC(=O)C(C)NC1CC(OC)C1. The van der Waals surface area contributed by atoms with Gasteiger partial charge in [0.2, 0.25) is 5.91 Å². The Morgan fingerprint density at radius 1 is 1.35 bits per heavy atom. The fourth-order valence-electron chi connectivity index (χ4n) is 2.14. The van der Waals surface area contributed by atoms with Gasteiger partial charge < -0.3 is 15.4 Å². The Labute approximate surface area is 104 Å². The molecule has 0 heterocycles. The van der Waals surface area contributed by atoms with Gasteiger partial charge in [-0.1, -0.05) is 13.8 Å². The maximum absolute atomic E-state index is 11.9. The lowest BCUT2D eigenvalue weighted by atomic mass is 9.88. The largest absolute Gasteiger partial charge is 0.381 e. The Bertz CT molecular complexity index is 236. The Morgan fingerprint density at radius 2 is 1.94 bits per heavy atom. The second-order valence-electron chi connectivity index (χ2n) is 4.94. The molecule has 1 aliphatic rings. The van der Waals surface area contributed by atoms with Gasteiger partial charge in [0.25, 0.3) is 0 Å². The van der Waals surface area contributed by atoms with Crippen molar-refractivity contribution in [2.24, 2.45) is 0 Å². The molecule has 0 aromatic rings. The average Bonchev–Trinajstić information content (AvgIpc) is 2.29. The number of nitrogens with one attached hydrogen (secondary N) is 2. The molecule has 1 atom stereocenters. The predicted octanol–water partition coefficient (Wildman–Crippen LogP) is 1.45. The van der Waals surface area contributed by atoms with Gasteiger partial charge in [-0.2, -0.15) is 0 Å². The summed E-state index contributed by atoms with van der Waals surface area (Å²) in [6, 6.07) is 0.626. The van der Waals surface area contributed by atoms with E-state index in [1.165, 1.54) is 0 Å². The molecule has 1 unspecified atom stereocenters. The molecule has 0 saturated heterocycles. The molecule has 1 fully saturated rings. The van der Waals surface area contributed by atoms with Crippen LogP contribution in [-0.2, 0) is 9.53 Å². The number of methoxy groups -OCH3 is 1. The maximum Gasteiger partial charge on any atom is 0.237 e. The summed E-state index contributed by atoms with van der Waals surface area (Å²) in [6.45, 7) is 6.13. The van der Waals surface area contributed by atoms with Gasteiger partial charge in [-0.15, -0.1) is 0 Å². The first-order valence-electron chi connectivity index (χ1n) is 6.69. The smallest absolute Gasteiger partial charge is 0.237 e. The summed E-state index contributed by atoms with van der Waals surface area (Å²) in [5, 5.41) is 6.40. The van der Waals surface area contributed by atoms with Crippen LogP contribution in [0.3, 0.4) is 0 Å². The van der Waals surface area contributed by atoms with Crippen molar-refractivity contribution in [2.75, 3.05) is 7.11 Å². The van der Waals surface area contributed by atoms with Gasteiger partial charge >= 0.3 is 0 Å². The molecule has 1 saturated carbocycles. The fourth-order valence-corrected chi connectivity index (χ4v) is 2.14. The van der Waals surface area contributed by atoms with Crippen LogP contribution >= 0.6 is 0 Å². The summed E-state index contributed by atoms with van der Waals surface area (Å²) >= 11 is 0. The van der Waals surface area contributed by atoms with Crippen LogP contribution in [0.4, 0.5) is 0 Å². The van der Waals surface area contributed by atoms with Gasteiger partial charge in [-0.05, 0) is 32.6 Å². The summed E-state index contributed by atoms with van der Waals surface area (Å²) in [5.41, 5.74) is 0. The molecule has 100 valence electrons. The molecule has 1 aliphatic carbocycles. The highest BCUT2D eigenvalue weighted by Crippen LogP contribution is 2.22. The molecule has 0 aromatic carbocycles. The summed E-state index contributed by atoms with van der Waals surface area (Å²) in [6.07, 6.45) is 4.38. The number of ether oxygens (including phenoxy) is 1. The van der Waals surface area contributed by atoms with Gasteiger partial charge in [-0.3, -0.25) is 4.79 Å². The van der Waals surface area contributed by atoms with E-state index in [2.05, 4.69) is 24.5 Å². The minimum Gasteiger partial charge on any atom is -0.381 e. The molecule has 1 rings (SSSR count). The highest BCUT2D eigenvalue weighted by Gasteiger charge is 2.31. The standard InChI is InChI=1S/C13H26N2O2/c1-5-10(6-2)15-13(16)9(3)14-11-7-12(8-11)17-4/h9-12,14H,5-8H2,1-4H3,(H,15,16). The third kappa shape index (κ3) is 4.28. The zero-order valence-electron chi connectivity index (χ0n) is 11.5. The van der Waals surface area contributed by atoms with E-state index in [0.29, 0.717) is 18.2 Å². The molecule has 0 aliphatic heterocycles. The number of carbonyl (C=O) groups excluding carboxylic acids is 1. The topological polar surface area (TPSA) is 50.4 Å². The van der Waals surface area contributed by atoms with E-state index in [4.69, 9.17) is 4.74 Å². The number of hydrogen-bond donors (Lipinski definition) is 2. The van der Waals surface area contributed by atoms with Crippen molar-refractivity contribution in [1.29, 1.82) is 0 Å². The van der Waals surface area contributed by atoms with Crippen LogP contribution in [0.1, 0.15) is 46.5 Å². The third-order valence-electron chi connectivity index (χ3n) is 3.64. The Balaban J connectivity index is 2.23. The monoisotopic (exact) mass is 242 g/mol. The molecule has 0 aromatic heterocycles. The van der Waals surface area contributed by atoms with Gasteiger partial charge in [0.15, 0.2) is 0 Å². The van der Waals surface area contributed by atoms with Gasteiger partial charge in [0.05, 0.1) is 12.1 Å². The van der Waals surface area contributed by atoms with Crippen molar-refractivity contribution >= 4 is 5.91 Å². The van der Waals surface area contributed by atoms with Crippen molar-refractivity contribution in [3.05, 3.63) is 0 Å². The second-order valence-corrected chi connectivity index (χ2v) is 4.94. The van der Waals surface area contributed by atoms with Crippen molar-refractivity contribution in [3.8, 4) is 0 Å². The lowest BCUT2D eigenvalue weighted by Crippen LogP contribution is -2.54. The minimum absolute atomic E-state index is 0.111. The number of hydrogen-bond acceptors (Lipinski definition) is 3. The fraction of sp³-hybridized carbons (Fsp3) is 0.923. The van der Waals surface area contributed by atoms with Crippen LogP contribution in [0.15, 0.2) is 0 Å². The summed E-state index contributed by atoms with van der Waals surface area (Å²) in [5.74, 6) is 0.111. The molecule has 4 nitrogen and oxygen atoms in total. The van der Waals surface area contributed by atoms with Crippen molar-refractivity contribution in [2.45, 2.75) is 70.7 Å². The highest BCUT2D eigenvalue weighted by atomic mass is 16.5. The molecule has 1 amide bonds. The summed E-state index contributed by atoms with van der Waals surface area (Å²) in [4.78, 5) is 11.9. The first-order chi connectivity index (χ1) is 8.10. The first-order valence-corrected chi connectivity index (χ1v) is 6.69. The molecule has 0 spiro atoms. The number of carbonyl (C=O) groups is 1. The van der Waals surface area contributed by atoms with Gasteiger partial charge in [0, 0.05) is 19.2 Å². The van der Waals surface area contributed by atoms with Crippen LogP contribution in [0.25, 0.3) is 0 Å². The van der Waals surface area contributed by atoms with Crippen LogP contribution in [-0.4, -0.2) is 37.2 Å². The van der Waals surface area contributed by atoms with E-state index in [1.807, 2.05) is 6.92 Å². The molecule has 4 heteroatoms. The van der Waals surface area contributed by atoms with E-state index >= 15 is 0 Å². The average molecular weight is 242 g/mol. The molecule has 2 N–H and O–H groups in total. The van der Waals surface area contributed by atoms with Crippen LogP contribution < -0.4 is 10.6 Å². The van der Waals surface area contributed by atoms with Crippen LogP contribution in [0.5, 0.6) is 0 Å². The Morgan fingerprint density at radius 3 is 2.41 bits per heavy atom. The lowest BCUT2D eigenvalue weighted by Gasteiger charge is -2.36. The molecular formula is C13H26N2O2. The van der Waals surface area contributed by atoms with Crippen molar-refractivity contribution < 1.29 is 9.53 Å². The summed E-state index contributed by atoms with van der Waals surface area (Å²) in [7, 11) is 1.74. The first kappa shape index (κ1) is 14.5. The number of amides is 1. The van der Waals surface area contributed by atoms with Gasteiger partial charge in [-0.25, -0.2) is 0 Å². The maximum atomic E-state index is 11.9. The predicted molar refractivity (Wildman–Crippen MR) is 68.9 cm³/mol. The zero-order valence-corrected chi connectivity index (χ0v) is 11.5. The van der Waals surface area contributed by atoms with Crippen LogP contribution in [0.2, 0.25) is 0 Å². The lowest BCUT2D eigenvalue weighted by molar-refractivity contribution is -0.124. The third-order valence-corrected chi connectivity index (χ3v) is 3.64. The van der Waals surface area contributed by atoms with E-state index in [9.17, 15) is 4.79 Å². The molecule has 0 radical (unpaired) electrons. The molecular weight excluding hydrogens is 216 g/mol. The van der Waals surface area contributed by atoms with E-state index in [0.717, 1.165) is 25.7 Å². The Kier molecular flexibility index (Phi) is 5.92. The minimum atomic E-state index is -0.113. The van der Waals surface area contributed by atoms with E-state index in [-0.39, 0.29) is 11.9 Å². The van der Waals surface area contributed by atoms with Crippen molar-refractivity contribution in [1.82, 2.24) is 10.6 Å². The van der Waals surface area contributed by atoms with Gasteiger partial charge in [0.1, 0.15) is 0 Å². The van der Waals surface area contributed by atoms with Crippen molar-refractivity contribution in [3.63, 3.8) is 0 Å². The summed E-state index contributed by atoms with van der Waals surface area (Å²) < 4.78 is 5.22. The highest BCUT2D eigenvalue weighted by molar-refractivity contribution is 5.81. The normalized spacial score (nSPS) is 25.5. The van der Waals surface area contributed by atoms with E-state index in [1.54, 1.807) is 7.11 Å². The van der Waals surface area contributed by atoms with Crippen LogP contribution in [0, 0.1) is 0 Å². The molecule has 17 heavy (non-hydrogen) atoms. The number of rotatable bonds is 7. The van der Waals surface area contributed by atoms with E-state index < -0.39 is 0 Å². The quantitative estimate of drug-likeness (QED) is 0.710.